The number of fused-ring (bicyclic) bond motifs is 2. The van der Waals surface area contributed by atoms with E-state index >= 15 is 0 Å². The molecule has 3 aliphatic rings. The van der Waals surface area contributed by atoms with Gasteiger partial charge in [-0.25, -0.2) is 15.0 Å². The Balaban J connectivity index is 1.51. The number of aromatic nitrogens is 6. The first kappa shape index (κ1) is 30.2. The van der Waals surface area contributed by atoms with Crippen molar-refractivity contribution in [1.82, 2.24) is 34.4 Å². The molecule has 0 saturated carbocycles. The Morgan fingerprint density at radius 1 is 0.818 bits per heavy atom. The normalized spacial score (nSPS) is 18.0. The maximum atomic E-state index is 12.9. The maximum Gasteiger partial charge on any atom is 0.241 e. The van der Waals surface area contributed by atoms with Gasteiger partial charge >= 0.3 is 0 Å². The topological polar surface area (TPSA) is 130 Å². The quantitative estimate of drug-likeness (QED) is 0.302. The number of hydrogen-bond acceptors (Lipinski definition) is 13. The first-order valence-corrected chi connectivity index (χ1v) is 15.3. The number of anilines is 4. The van der Waals surface area contributed by atoms with Crippen molar-refractivity contribution < 1.29 is 19.0 Å². The van der Waals surface area contributed by atoms with Gasteiger partial charge in [0.25, 0.3) is 0 Å². The molecule has 1 amide bonds. The maximum absolute atomic E-state index is 12.9. The van der Waals surface area contributed by atoms with Crippen LogP contribution in [0.3, 0.4) is 0 Å². The summed E-state index contributed by atoms with van der Waals surface area (Å²) in [7, 11) is 6.97. The molecule has 0 bridgehead atoms. The smallest absolute Gasteiger partial charge is 0.241 e. The highest BCUT2D eigenvalue weighted by molar-refractivity contribution is 5.96. The summed E-state index contributed by atoms with van der Waals surface area (Å²) in [6, 6.07) is 0. The Morgan fingerprint density at radius 2 is 1.52 bits per heavy atom. The summed E-state index contributed by atoms with van der Waals surface area (Å²) in [5, 5.41) is 0. The molecular weight excluding hydrogens is 566 g/mol. The SMILES string of the molecule is COCCN(CCOC)c1nc(N2CCN(C)C(=O)C2)c2nc(N3CCn4ccnc4C3)nc(N3CCC(OC)CC3)c2n1. The molecule has 238 valence electrons. The number of ether oxygens (including phenoxy) is 3. The van der Waals surface area contributed by atoms with Crippen LogP contribution in [0.1, 0.15) is 18.7 Å². The Labute approximate surface area is 257 Å². The number of amides is 1. The summed E-state index contributed by atoms with van der Waals surface area (Å²) >= 11 is 0. The summed E-state index contributed by atoms with van der Waals surface area (Å²) in [6.45, 7) is 7.36. The lowest BCUT2D eigenvalue weighted by Crippen LogP contribution is -2.49. The highest BCUT2D eigenvalue weighted by atomic mass is 16.5. The van der Waals surface area contributed by atoms with Crippen molar-refractivity contribution in [2.24, 2.45) is 0 Å². The van der Waals surface area contributed by atoms with E-state index in [9.17, 15) is 4.79 Å². The molecule has 0 atom stereocenters. The highest BCUT2D eigenvalue weighted by Crippen LogP contribution is 2.35. The van der Waals surface area contributed by atoms with Gasteiger partial charge in [-0.3, -0.25) is 4.79 Å². The van der Waals surface area contributed by atoms with Crippen LogP contribution in [0.15, 0.2) is 12.4 Å². The summed E-state index contributed by atoms with van der Waals surface area (Å²) in [4.78, 5) is 48.4. The lowest BCUT2D eigenvalue weighted by atomic mass is 10.1. The van der Waals surface area contributed by atoms with Crippen LogP contribution in [0.2, 0.25) is 0 Å². The molecule has 0 aromatic carbocycles. The molecule has 44 heavy (non-hydrogen) atoms. The minimum Gasteiger partial charge on any atom is -0.383 e. The number of hydrogen-bond donors (Lipinski definition) is 0. The van der Waals surface area contributed by atoms with E-state index < -0.39 is 0 Å². The van der Waals surface area contributed by atoms with E-state index in [-0.39, 0.29) is 18.6 Å². The zero-order chi connectivity index (χ0) is 30.6. The summed E-state index contributed by atoms with van der Waals surface area (Å²) in [6.07, 6.45) is 5.85. The van der Waals surface area contributed by atoms with Crippen molar-refractivity contribution in [3.05, 3.63) is 18.2 Å². The molecule has 2 fully saturated rings. The number of rotatable bonds is 11. The van der Waals surface area contributed by atoms with Crippen molar-refractivity contribution in [3.63, 3.8) is 0 Å². The third-order valence-corrected chi connectivity index (χ3v) is 8.76. The van der Waals surface area contributed by atoms with E-state index in [0.717, 1.165) is 50.7 Å². The molecule has 0 N–H and O–H groups in total. The predicted octanol–water partition coefficient (Wildman–Crippen LogP) is 0.629. The molecule has 6 rings (SSSR count). The third kappa shape index (κ3) is 6.21. The van der Waals surface area contributed by atoms with Crippen LogP contribution in [0.25, 0.3) is 11.0 Å². The third-order valence-electron chi connectivity index (χ3n) is 8.76. The minimum absolute atomic E-state index is 0.0409. The number of carbonyl (C=O) groups is 1. The first-order valence-electron chi connectivity index (χ1n) is 15.3. The van der Waals surface area contributed by atoms with Gasteiger partial charge in [0.2, 0.25) is 17.8 Å². The number of methoxy groups -OCH3 is 3. The second kappa shape index (κ2) is 13.4. The summed E-state index contributed by atoms with van der Waals surface area (Å²) in [5.74, 6) is 3.59. The monoisotopic (exact) mass is 609 g/mol. The molecule has 15 nitrogen and oxygen atoms in total. The molecule has 15 heteroatoms. The number of piperidine rings is 1. The van der Waals surface area contributed by atoms with E-state index in [1.807, 2.05) is 24.3 Å². The van der Waals surface area contributed by atoms with Crippen LogP contribution in [-0.2, 0) is 32.1 Å². The van der Waals surface area contributed by atoms with Gasteiger partial charge in [0, 0.05) is 93.1 Å². The summed E-state index contributed by atoms with van der Waals surface area (Å²) in [5.41, 5.74) is 1.32. The second-order valence-corrected chi connectivity index (χ2v) is 11.5. The Kier molecular flexibility index (Phi) is 9.23. The van der Waals surface area contributed by atoms with Gasteiger partial charge in [0.1, 0.15) is 16.9 Å². The van der Waals surface area contributed by atoms with Gasteiger partial charge in [-0.05, 0) is 12.8 Å². The number of carbonyl (C=O) groups excluding carboxylic acids is 1. The molecule has 3 aliphatic heterocycles. The van der Waals surface area contributed by atoms with Crippen molar-refractivity contribution in [2.45, 2.75) is 32.0 Å². The van der Waals surface area contributed by atoms with Crippen LogP contribution in [0.4, 0.5) is 23.5 Å². The molecule has 3 aromatic rings. The molecule has 2 saturated heterocycles. The fourth-order valence-electron chi connectivity index (χ4n) is 5.99. The van der Waals surface area contributed by atoms with Crippen LogP contribution in [-0.4, -0.2) is 140 Å². The minimum atomic E-state index is 0.0409. The first-order chi connectivity index (χ1) is 21.5. The van der Waals surface area contributed by atoms with Gasteiger partial charge in [0.15, 0.2) is 11.6 Å². The molecule has 6 heterocycles. The number of nitrogens with zero attached hydrogens (tertiary/aromatic N) is 11. The van der Waals surface area contributed by atoms with Crippen LogP contribution >= 0.6 is 0 Å². The van der Waals surface area contributed by atoms with Crippen LogP contribution in [0.5, 0.6) is 0 Å². The molecule has 0 radical (unpaired) electrons. The molecule has 3 aromatic heterocycles. The highest BCUT2D eigenvalue weighted by Gasteiger charge is 2.31. The van der Waals surface area contributed by atoms with E-state index in [0.29, 0.717) is 74.7 Å². The van der Waals surface area contributed by atoms with E-state index in [4.69, 9.17) is 34.1 Å². The van der Waals surface area contributed by atoms with Crippen molar-refractivity contribution >= 4 is 40.5 Å². The van der Waals surface area contributed by atoms with Crippen LogP contribution < -0.4 is 19.6 Å². The molecule has 0 aliphatic carbocycles. The fraction of sp³-hybridized carbons (Fsp3) is 0.655. The van der Waals surface area contributed by atoms with E-state index in [2.05, 4.69) is 24.3 Å². The van der Waals surface area contributed by atoms with Gasteiger partial charge in [-0.15, -0.1) is 0 Å². The van der Waals surface area contributed by atoms with Crippen molar-refractivity contribution in [3.8, 4) is 0 Å². The zero-order valence-corrected chi connectivity index (χ0v) is 26.2. The second-order valence-electron chi connectivity index (χ2n) is 11.5. The zero-order valence-electron chi connectivity index (χ0n) is 26.2. The predicted molar refractivity (Wildman–Crippen MR) is 166 cm³/mol. The average molecular weight is 610 g/mol. The van der Waals surface area contributed by atoms with Gasteiger partial charge in [-0.2, -0.15) is 9.97 Å². The largest absolute Gasteiger partial charge is 0.383 e. The lowest BCUT2D eigenvalue weighted by molar-refractivity contribution is -0.129. The van der Waals surface area contributed by atoms with E-state index in [1.165, 1.54) is 0 Å². The molecule has 0 unspecified atom stereocenters. The molecule has 0 spiro atoms. The van der Waals surface area contributed by atoms with Crippen molar-refractivity contribution in [1.29, 1.82) is 0 Å². The molecular formula is C29H43N11O4. The lowest BCUT2D eigenvalue weighted by Gasteiger charge is -2.36. The van der Waals surface area contributed by atoms with Gasteiger partial charge < -0.3 is 43.3 Å². The Hall–Kier alpha value is -3.82. The Morgan fingerprint density at radius 3 is 2.23 bits per heavy atom. The van der Waals surface area contributed by atoms with Crippen LogP contribution in [0, 0.1) is 0 Å². The number of piperazine rings is 1. The average Bonchev–Trinajstić information content (AvgIpc) is 3.53. The number of likely N-dealkylation sites (N-methyl/N-ethyl adjacent to an activating group) is 1. The van der Waals surface area contributed by atoms with Gasteiger partial charge in [-0.1, -0.05) is 0 Å². The standard InChI is InChI=1S/C29H43N11O4/c1-35-11-12-39(20-23(35)41)27-25-24(31-28(34-27)38(15-17-42-2)16-18-43-3)26(37-8-5-21(44-4)6-9-37)33-29(32-25)40-14-13-36-10-7-30-22(36)19-40/h7,10,21H,5-6,8-9,11-20H2,1-4H3. The van der Waals surface area contributed by atoms with E-state index in [1.54, 1.807) is 26.2 Å². The Bertz CT molecular complexity index is 1440. The van der Waals surface area contributed by atoms with Crippen molar-refractivity contribution in [2.75, 3.05) is 114 Å². The fourth-order valence-corrected chi connectivity index (χ4v) is 5.99. The van der Waals surface area contributed by atoms with Gasteiger partial charge in [0.05, 0.1) is 32.4 Å². The summed E-state index contributed by atoms with van der Waals surface area (Å²) < 4.78 is 18.7. The number of imidazole rings is 1.